The molecule has 0 saturated carbocycles. The molecule has 6 heteroatoms. The van der Waals surface area contributed by atoms with E-state index in [0.717, 1.165) is 13.1 Å². The SMILES string of the molecule is CO[C@H]1CNCC1Nc1nccn(C(C)C)c1=O. The Balaban J connectivity index is 2.19. The normalized spacial score (nSPS) is 23.6. The van der Waals surface area contributed by atoms with Gasteiger partial charge in [-0.15, -0.1) is 0 Å². The van der Waals surface area contributed by atoms with E-state index in [1.165, 1.54) is 0 Å². The molecule has 1 aliphatic rings. The van der Waals surface area contributed by atoms with Gasteiger partial charge in [0.15, 0.2) is 5.82 Å². The van der Waals surface area contributed by atoms with E-state index >= 15 is 0 Å². The van der Waals surface area contributed by atoms with Gasteiger partial charge >= 0.3 is 0 Å². The lowest BCUT2D eigenvalue weighted by Crippen LogP contribution is -2.37. The molecule has 2 N–H and O–H groups in total. The Morgan fingerprint density at radius 3 is 3.00 bits per heavy atom. The van der Waals surface area contributed by atoms with E-state index in [9.17, 15) is 4.79 Å². The maximum Gasteiger partial charge on any atom is 0.293 e. The van der Waals surface area contributed by atoms with Gasteiger partial charge in [0.05, 0.1) is 12.1 Å². The van der Waals surface area contributed by atoms with Gasteiger partial charge in [0, 0.05) is 38.6 Å². The molecule has 2 rings (SSSR count). The highest BCUT2D eigenvalue weighted by Gasteiger charge is 2.27. The third-order valence-electron chi connectivity index (χ3n) is 3.21. The summed E-state index contributed by atoms with van der Waals surface area (Å²) in [6.07, 6.45) is 3.42. The van der Waals surface area contributed by atoms with Crippen molar-refractivity contribution < 1.29 is 4.74 Å². The standard InChI is InChI=1S/C12H20N4O2/c1-8(2)16-5-4-14-11(12(16)17)15-9-6-13-7-10(9)18-3/h4-5,8-10,13H,6-7H2,1-3H3,(H,14,15)/t9?,10-/m0/s1. The van der Waals surface area contributed by atoms with Crippen molar-refractivity contribution in [2.24, 2.45) is 0 Å². The first-order chi connectivity index (χ1) is 8.63. The molecule has 1 aromatic rings. The Hall–Kier alpha value is -1.40. The lowest BCUT2D eigenvalue weighted by Gasteiger charge is -2.19. The smallest absolute Gasteiger partial charge is 0.293 e. The summed E-state index contributed by atoms with van der Waals surface area (Å²) in [4.78, 5) is 16.3. The van der Waals surface area contributed by atoms with Crippen molar-refractivity contribution in [1.82, 2.24) is 14.9 Å². The largest absolute Gasteiger partial charge is 0.378 e. The second kappa shape index (κ2) is 5.49. The molecule has 18 heavy (non-hydrogen) atoms. The van der Waals surface area contributed by atoms with Crippen molar-refractivity contribution in [2.45, 2.75) is 32.0 Å². The fourth-order valence-electron chi connectivity index (χ4n) is 2.15. The van der Waals surface area contributed by atoms with Crippen molar-refractivity contribution >= 4 is 5.82 Å². The zero-order valence-electron chi connectivity index (χ0n) is 11.0. The van der Waals surface area contributed by atoms with E-state index in [1.54, 1.807) is 24.1 Å². The number of aromatic nitrogens is 2. The summed E-state index contributed by atoms with van der Waals surface area (Å²) in [6, 6.07) is 0.208. The molecule has 1 saturated heterocycles. The molecule has 0 bridgehead atoms. The molecule has 1 aromatic heterocycles. The van der Waals surface area contributed by atoms with Crippen LogP contribution in [0, 0.1) is 0 Å². The third kappa shape index (κ3) is 2.54. The van der Waals surface area contributed by atoms with E-state index in [4.69, 9.17) is 4.74 Å². The van der Waals surface area contributed by atoms with Crippen molar-refractivity contribution in [3.8, 4) is 0 Å². The van der Waals surface area contributed by atoms with Gasteiger partial charge < -0.3 is 19.9 Å². The van der Waals surface area contributed by atoms with Crippen LogP contribution in [0.3, 0.4) is 0 Å². The first-order valence-corrected chi connectivity index (χ1v) is 6.20. The second-order valence-electron chi connectivity index (χ2n) is 4.77. The molecule has 1 unspecified atom stereocenters. The molecule has 2 atom stereocenters. The Bertz CT molecular complexity index is 458. The van der Waals surface area contributed by atoms with Crippen molar-refractivity contribution in [3.05, 3.63) is 22.7 Å². The molecule has 1 fully saturated rings. The summed E-state index contributed by atoms with van der Waals surface area (Å²) in [5, 5.41) is 6.40. The topological polar surface area (TPSA) is 68.2 Å². The van der Waals surface area contributed by atoms with E-state index in [-0.39, 0.29) is 23.7 Å². The highest BCUT2D eigenvalue weighted by atomic mass is 16.5. The minimum absolute atomic E-state index is 0.0684. The fourth-order valence-corrected chi connectivity index (χ4v) is 2.15. The summed E-state index contributed by atoms with van der Waals surface area (Å²) in [5.41, 5.74) is -0.0887. The Morgan fingerprint density at radius 2 is 2.33 bits per heavy atom. The second-order valence-corrected chi connectivity index (χ2v) is 4.77. The number of methoxy groups -OCH3 is 1. The molecule has 2 heterocycles. The predicted octanol–water partition coefficient (Wildman–Crippen LogP) is 0.223. The van der Waals surface area contributed by atoms with Gasteiger partial charge in [0.25, 0.3) is 5.56 Å². The van der Waals surface area contributed by atoms with Crippen molar-refractivity contribution in [3.63, 3.8) is 0 Å². The number of rotatable bonds is 4. The zero-order valence-corrected chi connectivity index (χ0v) is 11.0. The Kier molecular flexibility index (Phi) is 3.98. The summed E-state index contributed by atoms with van der Waals surface area (Å²) < 4.78 is 7.02. The summed E-state index contributed by atoms with van der Waals surface area (Å²) in [6.45, 7) is 5.51. The van der Waals surface area contributed by atoms with E-state index in [1.807, 2.05) is 13.8 Å². The van der Waals surface area contributed by atoms with Gasteiger partial charge in [-0.05, 0) is 13.8 Å². The van der Waals surface area contributed by atoms with Crippen molar-refractivity contribution in [1.29, 1.82) is 0 Å². The van der Waals surface area contributed by atoms with Crippen LogP contribution in [0.25, 0.3) is 0 Å². The molecule has 6 nitrogen and oxygen atoms in total. The fraction of sp³-hybridized carbons (Fsp3) is 0.667. The van der Waals surface area contributed by atoms with E-state index < -0.39 is 0 Å². The number of ether oxygens (including phenoxy) is 1. The van der Waals surface area contributed by atoms with Crippen LogP contribution in [0.15, 0.2) is 17.2 Å². The number of anilines is 1. The lowest BCUT2D eigenvalue weighted by molar-refractivity contribution is 0.111. The minimum atomic E-state index is -0.0887. The van der Waals surface area contributed by atoms with Gasteiger partial charge in [0.2, 0.25) is 0 Å². The Morgan fingerprint density at radius 1 is 1.56 bits per heavy atom. The van der Waals surface area contributed by atoms with Crippen LogP contribution in [-0.2, 0) is 4.74 Å². The maximum absolute atomic E-state index is 12.2. The quantitative estimate of drug-likeness (QED) is 0.802. The number of nitrogens with one attached hydrogen (secondary N) is 2. The monoisotopic (exact) mass is 252 g/mol. The molecule has 0 aromatic carbocycles. The van der Waals surface area contributed by atoms with Gasteiger partial charge in [0.1, 0.15) is 0 Å². The number of hydrogen-bond donors (Lipinski definition) is 2. The third-order valence-corrected chi connectivity index (χ3v) is 3.21. The molecular weight excluding hydrogens is 232 g/mol. The minimum Gasteiger partial charge on any atom is -0.378 e. The zero-order chi connectivity index (χ0) is 13.1. The van der Waals surface area contributed by atoms with Gasteiger partial charge in [-0.1, -0.05) is 0 Å². The van der Waals surface area contributed by atoms with Gasteiger partial charge in [-0.25, -0.2) is 4.98 Å². The first kappa shape index (κ1) is 13.0. The predicted molar refractivity (Wildman–Crippen MR) is 70.0 cm³/mol. The van der Waals surface area contributed by atoms with Gasteiger partial charge in [-0.2, -0.15) is 0 Å². The number of hydrogen-bond acceptors (Lipinski definition) is 5. The average Bonchev–Trinajstić information content (AvgIpc) is 2.78. The molecule has 1 aliphatic heterocycles. The van der Waals surface area contributed by atoms with Crippen LogP contribution >= 0.6 is 0 Å². The van der Waals surface area contributed by atoms with Crippen LogP contribution < -0.4 is 16.2 Å². The average molecular weight is 252 g/mol. The highest BCUT2D eigenvalue weighted by Crippen LogP contribution is 2.09. The van der Waals surface area contributed by atoms with E-state index in [0.29, 0.717) is 5.82 Å². The molecule has 0 radical (unpaired) electrons. The molecule has 0 spiro atoms. The molecule has 0 aliphatic carbocycles. The molecule has 0 amide bonds. The van der Waals surface area contributed by atoms with E-state index in [2.05, 4.69) is 15.6 Å². The summed E-state index contributed by atoms with van der Waals surface area (Å²) in [5.74, 6) is 0.391. The molecular formula is C12H20N4O2. The number of nitrogens with zero attached hydrogens (tertiary/aromatic N) is 2. The maximum atomic E-state index is 12.2. The van der Waals surface area contributed by atoms with Gasteiger partial charge in [-0.3, -0.25) is 4.79 Å². The molecule has 100 valence electrons. The van der Waals surface area contributed by atoms with Crippen LogP contribution in [0.2, 0.25) is 0 Å². The van der Waals surface area contributed by atoms with Crippen LogP contribution in [0.5, 0.6) is 0 Å². The Labute approximate surface area is 106 Å². The van der Waals surface area contributed by atoms with Crippen molar-refractivity contribution in [2.75, 3.05) is 25.5 Å². The lowest BCUT2D eigenvalue weighted by atomic mass is 10.2. The summed E-state index contributed by atoms with van der Waals surface area (Å²) >= 11 is 0. The summed E-state index contributed by atoms with van der Waals surface area (Å²) in [7, 11) is 1.68. The van der Waals surface area contributed by atoms with Crippen LogP contribution in [-0.4, -0.2) is 41.9 Å². The van der Waals surface area contributed by atoms with Crippen LogP contribution in [0.1, 0.15) is 19.9 Å². The highest BCUT2D eigenvalue weighted by molar-refractivity contribution is 5.33. The van der Waals surface area contributed by atoms with Crippen LogP contribution in [0.4, 0.5) is 5.82 Å². The first-order valence-electron chi connectivity index (χ1n) is 6.20.